The van der Waals surface area contributed by atoms with Gasteiger partial charge in [0.25, 0.3) is 5.91 Å². The van der Waals surface area contributed by atoms with Gasteiger partial charge in [0.2, 0.25) is 0 Å². The Labute approximate surface area is 115 Å². The van der Waals surface area contributed by atoms with Crippen molar-refractivity contribution in [3.05, 3.63) is 23.7 Å². The minimum absolute atomic E-state index is 0.125. The molecule has 1 fully saturated rings. The van der Waals surface area contributed by atoms with E-state index >= 15 is 0 Å². The van der Waals surface area contributed by atoms with E-state index in [1.165, 1.54) is 0 Å². The summed E-state index contributed by atoms with van der Waals surface area (Å²) in [6, 6.07) is 2.36. The van der Waals surface area contributed by atoms with Gasteiger partial charge in [-0.25, -0.2) is 0 Å². The zero-order chi connectivity index (χ0) is 13.7. The average molecular weight is 264 g/mol. The van der Waals surface area contributed by atoms with Gasteiger partial charge in [-0.15, -0.1) is 0 Å². The summed E-state index contributed by atoms with van der Waals surface area (Å²) in [5, 5.41) is 3.53. The highest BCUT2D eigenvalue weighted by molar-refractivity contribution is 5.95. The zero-order valence-electron chi connectivity index (χ0n) is 11.9. The topological polar surface area (TPSA) is 45.5 Å². The fourth-order valence-electron chi connectivity index (χ4n) is 2.61. The fourth-order valence-corrected chi connectivity index (χ4v) is 2.61. The van der Waals surface area contributed by atoms with Crippen LogP contribution in [-0.4, -0.2) is 36.5 Å². The van der Waals surface area contributed by atoms with Crippen molar-refractivity contribution in [1.82, 2.24) is 10.2 Å². The van der Waals surface area contributed by atoms with Gasteiger partial charge in [-0.3, -0.25) is 4.79 Å². The highest BCUT2D eigenvalue weighted by Gasteiger charge is 2.25. The number of amides is 1. The Balaban J connectivity index is 1.89. The third kappa shape index (κ3) is 3.38. The zero-order valence-corrected chi connectivity index (χ0v) is 11.9. The molecule has 1 saturated heterocycles. The van der Waals surface area contributed by atoms with Crippen molar-refractivity contribution in [3.8, 4) is 0 Å². The SMILES string of the molecule is CCCNC1CCN(C(=O)c2ccoc2CC)CC1. The van der Waals surface area contributed by atoms with E-state index in [0.717, 1.165) is 56.6 Å². The van der Waals surface area contributed by atoms with Crippen LogP contribution in [0.4, 0.5) is 0 Å². The second kappa shape index (κ2) is 6.75. The van der Waals surface area contributed by atoms with Crippen molar-refractivity contribution in [3.63, 3.8) is 0 Å². The lowest BCUT2D eigenvalue weighted by molar-refractivity contribution is 0.0703. The minimum atomic E-state index is 0.125. The first-order valence-corrected chi connectivity index (χ1v) is 7.35. The molecule has 19 heavy (non-hydrogen) atoms. The third-order valence-corrected chi connectivity index (χ3v) is 3.76. The van der Waals surface area contributed by atoms with Crippen LogP contribution in [0.2, 0.25) is 0 Å². The molecule has 4 heteroatoms. The maximum absolute atomic E-state index is 12.4. The molecule has 1 amide bonds. The first-order chi connectivity index (χ1) is 9.26. The summed E-state index contributed by atoms with van der Waals surface area (Å²) in [6.45, 7) is 6.94. The summed E-state index contributed by atoms with van der Waals surface area (Å²) in [7, 11) is 0. The molecule has 1 N–H and O–H groups in total. The molecule has 1 aliphatic rings. The van der Waals surface area contributed by atoms with Crippen LogP contribution in [0.5, 0.6) is 0 Å². The molecule has 106 valence electrons. The van der Waals surface area contributed by atoms with Crippen LogP contribution in [-0.2, 0) is 6.42 Å². The first kappa shape index (κ1) is 14.1. The van der Waals surface area contributed by atoms with Crippen molar-refractivity contribution in [1.29, 1.82) is 0 Å². The highest BCUT2D eigenvalue weighted by atomic mass is 16.3. The highest BCUT2D eigenvalue weighted by Crippen LogP contribution is 2.18. The number of hydrogen-bond acceptors (Lipinski definition) is 3. The molecule has 2 rings (SSSR count). The number of rotatable bonds is 5. The van der Waals surface area contributed by atoms with Crippen molar-refractivity contribution in [2.75, 3.05) is 19.6 Å². The van der Waals surface area contributed by atoms with Crippen LogP contribution in [0.25, 0.3) is 0 Å². The Morgan fingerprint density at radius 1 is 1.42 bits per heavy atom. The number of nitrogens with one attached hydrogen (secondary N) is 1. The van der Waals surface area contributed by atoms with Crippen molar-refractivity contribution in [2.24, 2.45) is 0 Å². The molecular formula is C15H24N2O2. The molecule has 1 aromatic rings. The Morgan fingerprint density at radius 2 is 2.16 bits per heavy atom. The molecule has 0 atom stereocenters. The summed E-state index contributed by atoms with van der Waals surface area (Å²) in [4.78, 5) is 14.4. The number of carbonyl (C=O) groups excluding carboxylic acids is 1. The summed E-state index contributed by atoms with van der Waals surface area (Å²) in [6.07, 6.45) is 5.63. The lowest BCUT2D eigenvalue weighted by atomic mass is 10.0. The summed E-state index contributed by atoms with van der Waals surface area (Å²) >= 11 is 0. The maximum atomic E-state index is 12.4. The molecule has 0 saturated carbocycles. The Bertz CT molecular complexity index is 406. The Kier molecular flexibility index (Phi) is 5.02. The van der Waals surface area contributed by atoms with Crippen molar-refractivity contribution < 1.29 is 9.21 Å². The molecule has 0 aliphatic carbocycles. The van der Waals surface area contributed by atoms with Gasteiger partial charge in [0, 0.05) is 25.6 Å². The molecule has 0 spiro atoms. The molecule has 1 aliphatic heterocycles. The molecule has 0 bridgehead atoms. The monoisotopic (exact) mass is 264 g/mol. The molecule has 0 unspecified atom stereocenters. The number of aryl methyl sites for hydroxylation is 1. The number of piperidine rings is 1. The predicted octanol–water partition coefficient (Wildman–Crippen LogP) is 2.45. The van der Waals surface area contributed by atoms with Gasteiger partial charge in [-0.1, -0.05) is 13.8 Å². The van der Waals surface area contributed by atoms with E-state index in [0.29, 0.717) is 6.04 Å². The molecule has 1 aromatic heterocycles. The number of nitrogens with zero attached hydrogens (tertiary/aromatic N) is 1. The van der Waals surface area contributed by atoms with E-state index in [1.54, 1.807) is 12.3 Å². The minimum Gasteiger partial charge on any atom is -0.469 e. The molecule has 4 nitrogen and oxygen atoms in total. The number of hydrogen-bond donors (Lipinski definition) is 1. The van der Waals surface area contributed by atoms with Crippen LogP contribution >= 0.6 is 0 Å². The van der Waals surface area contributed by atoms with E-state index in [-0.39, 0.29) is 5.91 Å². The summed E-state index contributed by atoms with van der Waals surface area (Å²) in [5.74, 6) is 0.927. The predicted molar refractivity (Wildman–Crippen MR) is 75.3 cm³/mol. The third-order valence-electron chi connectivity index (χ3n) is 3.76. The normalized spacial score (nSPS) is 16.8. The van der Waals surface area contributed by atoms with Gasteiger partial charge in [-0.2, -0.15) is 0 Å². The largest absolute Gasteiger partial charge is 0.469 e. The van der Waals surface area contributed by atoms with Crippen LogP contribution < -0.4 is 5.32 Å². The van der Waals surface area contributed by atoms with Gasteiger partial charge in [-0.05, 0) is 31.9 Å². The van der Waals surface area contributed by atoms with Crippen LogP contribution in [0.1, 0.15) is 49.2 Å². The molecule has 0 aromatic carbocycles. The van der Waals surface area contributed by atoms with E-state index in [2.05, 4.69) is 12.2 Å². The van der Waals surface area contributed by atoms with E-state index in [9.17, 15) is 4.79 Å². The van der Waals surface area contributed by atoms with E-state index in [4.69, 9.17) is 4.42 Å². The second-order valence-corrected chi connectivity index (χ2v) is 5.13. The smallest absolute Gasteiger partial charge is 0.257 e. The lowest BCUT2D eigenvalue weighted by Crippen LogP contribution is -2.45. The number of carbonyl (C=O) groups is 1. The van der Waals surface area contributed by atoms with E-state index in [1.807, 2.05) is 11.8 Å². The van der Waals surface area contributed by atoms with Crippen LogP contribution in [0, 0.1) is 0 Å². The summed E-state index contributed by atoms with van der Waals surface area (Å²) in [5.41, 5.74) is 0.738. The summed E-state index contributed by atoms with van der Waals surface area (Å²) < 4.78 is 5.34. The van der Waals surface area contributed by atoms with Gasteiger partial charge in [0.1, 0.15) is 5.76 Å². The fraction of sp³-hybridized carbons (Fsp3) is 0.667. The standard InChI is InChI=1S/C15H24N2O2/c1-3-8-16-12-5-9-17(10-6-12)15(18)13-7-11-19-14(13)4-2/h7,11-12,16H,3-6,8-10H2,1-2H3. The maximum Gasteiger partial charge on any atom is 0.257 e. The molecule has 2 heterocycles. The van der Waals surface area contributed by atoms with Gasteiger partial charge in [0.05, 0.1) is 11.8 Å². The van der Waals surface area contributed by atoms with Crippen LogP contribution in [0.3, 0.4) is 0 Å². The van der Waals surface area contributed by atoms with Crippen molar-refractivity contribution in [2.45, 2.75) is 45.6 Å². The van der Waals surface area contributed by atoms with Crippen molar-refractivity contribution >= 4 is 5.91 Å². The average Bonchev–Trinajstić information content (AvgIpc) is 2.93. The molecular weight excluding hydrogens is 240 g/mol. The van der Waals surface area contributed by atoms with E-state index < -0.39 is 0 Å². The number of furan rings is 1. The molecule has 0 radical (unpaired) electrons. The second-order valence-electron chi connectivity index (χ2n) is 5.13. The van der Waals surface area contributed by atoms with Gasteiger partial charge >= 0.3 is 0 Å². The van der Waals surface area contributed by atoms with Gasteiger partial charge in [0.15, 0.2) is 0 Å². The first-order valence-electron chi connectivity index (χ1n) is 7.35. The number of likely N-dealkylation sites (tertiary alicyclic amines) is 1. The Morgan fingerprint density at radius 3 is 2.79 bits per heavy atom. The van der Waals surface area contributed by atoms with Crippen LogP contribution in [0.15, 0.2) is 16.7 Å². The quantitative estimate of drug-likeness (QED) is 0.888. The Hall–Kier alpha value is -1.29. The lowest BCUT2D eigenvalue weighted by Gasteiger charge is -2.32. The van der Waals surface area contributed by atoms with Gasteiger partial charge < -0.3 is 14.6 Å².